The Kier molecular flexibility index (Phi) is 1.62. The number of nitrogens with zero attached hydrogens (tertiary/aromatic N) is 1. The van der Waals surface area contributed by atoms with Gasteiger partial charge in [-0.3, -0.25) is 4.98 Å². The summed E-state index contributed by atoms with van der Waals surface area (Å²) in [7, 11) is 0. The predicted molar refractivity (Wildman–Crippen MR) is 44.4 cm³/mol. The first kappa shape index (κ1) is 6.80. The van der Waals surface area contributed by atoms with Crippen LogP contribution < -0.4 is 5.32 Å². The average molecular weight is 148 g/mol. The molecule has 0 atom stereocenters. The van der Waals surface area contributed by atoms with Crippen LogP contribution in [0, 0.1) is 6.92 Å². The fraction of sp³-hybridized carbons (Fsp3) is 0.444. The molecule has 1 N–H and O–H groups in total. The summed E-state index contributed by atoms with van der Waals surface area (Å²) in [4.78, 5) is 4.25. The van der Waals surface area contributed by atoms with Crippen molar-refractivity contribution in [2.75, 3.05) is 6.54 Å². The van der Waals surface area contributed by atoms with Crippen molar-refractivity contribution in [2.45, 2.75) is 19.9 Å². The summed E-state index contributed by atoms with van der Waals surface area (Å²) in [6.07, 6.45) is 3.05. The summed E-state index contributed by atoms with van der Waals surface area (Å²) < 4.78 is 0. The molecule has 0 saturated carbocycles. The SMILES string of the molecule is Cc1nccc2c1CNCC2. The standard InChI is InChI=1S/C9H12N2/c1-7-9-6-10-4-2-8(9)3-5-11-7/h3,5,10H,2,4,6H2,1H3. The van der Waals surface area contributed by atoms with Gasteiger partial charge in [0, 0.05) is 18.4 Å². The normalized spacial score (nSPS) is 16.1. The molecule has 1 aliphatic heterocycles. The lowest BCUT2D eigenvalue weighted by molar-refractivity contribution is 0.636. The van der Waals surface area contributed by atoms with Crippen molar-refractivity contribution in [2.24, 2.45) is 0 Å². The van der Waals surface area contributed by atoms with Crippen LogP contribution in [0.25, 0.3) is 0 Å². The van der Waals surface area contributed by atoms with Gasteiger partial charge in [0.1, 0.15) is 0 Å². The third-order valence-electron chi connectivity index (χ3n) is 2.24. The molecule has 2 nitrogen and oxygen atoms in total. The second-order valence-corrected chi connectivity index (χ2v) is 2.96. The van der Waals surface area contributed by atoms with Crippen molar-refractivity contribution in [1.29, 1.82) is 0 Å². The lowest BCUT2D eigenvalue weighted by Crippen LogP contribution is -2.24. The predicted octanol–water partition coefficient (Wildman–Crippen LogP) is 1.04. The van der Waals surface area contributed by atoms with E-state index < -0.39 is 0 Å². The number of rotatable bonds is 0. The van der Waals surface area contributed by atoms with Crippen LogP contribution in [0.5, 0.6) is 0 Å². The minimum absolute atomic E-state index is 0.995. The van der Waals surface area contributed by atoms with E-state index >= 15 is 0 Å². The van der Waals surface area contributed by atoms with E-state index in [0.717, 1.165) is 19.5 Å². The molecule has 2 heteroatoms. The molecule has 0 amide bonds. The number of nitrogens with one attached hydrogen (secondary N) is 1. The molecular formula is C9H12N2. The Hall–Kier alpha value is -0.890. The first-order chi connectivity index (χ1) is 5.38. The molecule has 0 saturated heterocycles. The summed E-state index contributed by atoms with van der Waals surface area (Å²) in [6, 6.07) is 2.13. The quantitative estimate of drug-likeness (QED) is 0.594. The van der Waals surface area contributed by atoms with Crippen molar-refractivity contribution in [1.82, 2.24) is 10.3 Å². The molecule has 11 heavy (non-hydrogen) atoms. The van der Waals surface area contributed by atoms with Crippen molar-refractivity contribution >= 4 is 0 Å². The Labute approximate surface area is 66.7 Å². The second-order valence-electron chi connectivity index (χ2n) is 2.96. The number of pyridine rings is 1. The lowest BCUT2D eigenvalue weighted by Gasteiger charge is -2.17. The van der Waals surface area contributed by atoms with Gasteiger partial charge in [-0.05, 0) is 37.1 Å². The molecule has 0 fully saturated rings. The van der Waals surface area contributed by atoms with E-state index in [2.05, 4.69) is 23.3 Å². The Bertz CT molecular complexity index is 268. The Balaban J connectivity index is 2.49. The topological polar surface area (TPSA) is 24.9 Å². The number of hydrogen-bond acceptors (Lipinski definition) is 2. The zero-order chi connectivity index (χ0) is 7.68. The lowest BCUT2D eigenvalue weighted by atomic mass is 10.0. The number of fused-ring (bicyclic) bond motifs is 1. The summed E-state index contributed by atoms with van der Waals surface area (Å²) in [5.74, 6) is 0. The highest BCUT2D eigenvalue weighted by molar-refractivity contribution is 5.31. The molecule has 0 bridgehead atoms. The fourth-order valence-corrected chi connectivity index (χ4v) is 1.56. The van der Waals surface area contributed by atoms with Gasteiger partial charge in [-0.25, -0.2) is 0 Å². The largest absolute Gasteiger partial charge is 0.312 e. The first-order valence-corrected chi connectivity index (χ1v) is 4.02. The smallest absolute Gasteiger partial charge is 0.0420 e. The van der Waals surface area contributed by atoms with Crippen LogP contribution in [0.3, 0.4) is 0 Å². The van der Waals surface area contributed by atoms with E-state index in [4.69, 9.17) is 0 Å². The molecule has 1 aliphatic rings. The third-order valence-corrected chi connectivity index (χ3v) is 2.24. The van der Waals surface area contributed by atoms with Crippen molar-refractivity contribution < 1.29 is 0 Å². The number of hydrogen-bond donors (Lipinski definition) is 1. The molecule has 0 radical (unpaired) electrons. The number of aryl methyl sites for hydroxylation is 1. The van der Waals surface area contributed by atoms with Crippen molar-refractivity contribution in [3.63, 3.8) is 0 Å². The van der Waals surface area contributed by atoms with Gasteiger partial charge in [-0.2, -0.15) is 0 Å². The van der Waals surface area contributed by atoms with Gasteiger partial charge in [0.2, 0.25) is 0 Å². The van der Waals surface area contributed by atoms with E-state index in [-0.39, 0.29) is 0 Å². The second kappa shape index (κ2) is 2.62. The highest BCUT2D eigenvalue weighted by Gasteiger charge is 2.09. The molecule has 2 heterocycles. The van der Waals surface area contributed by atoms with E-state index in [1.807, 2.05) is 6.20 Å². The van der Waals surface area contributed by atoms with Crippen LogP contribution in [-0.2, 0) is 13.0 Å². The van der Waals surface area contributed by atoms with Crippen molar-refractivity contribution in [3.05, 3.63) is 29.1 Å². The molecule has 1 aromatic heterocycles. The van der Waals surface area contributed by atoms with Crippen LogP contribution in [0.2, 0.25) is 0 Å². The monoisotopic (exact) mass is 148 g/mol. The third kappa shape index (κ3) is 1.14. The zero-order valence-corrected chi connectivity index (χ0v) is 6.72. The summed E-state index contributed by atoms with van der Waals surface area (Å²) in [5.41, 5.74) is 4.05. The summed E-state index contributed by atoms with van der Waals surface area (Å²) in [6.45, 7) is 4.18. The van der Waals surface area contributed by atoms with Crippen molar-refractivity contribution in [3.8, 4) is 0 Å². The maximum absolute atomic E-state index is 4.25. The minimum atomic E-state index is 0.995. The Morgan fingerprint density at radius 3 is 3.27 bits per heavy atom. The first-order valence-electron chi connectivity index (χ1n) is 4.02. The fourth-order valence-electron chi connectivity index (χ4n) is 1.56. The van der Waals surface area contributed by atoms with Crippen LogP contribution >= 0.6 is 0 Å². The molecule has 58 valence electrons. The molecule has 2 rings (SSSR count). The van der Waals surface area contributed by atoms with Gasteiger partial charge in [0.05, 0.1) is 0 Å². The van der Waals surface area contributed by atoms with Gasteiger partial charge in [0.15, 0.2) is 0 Å². The molecule has 0 aliphatic carbocycles. The molecule has 0 aromatic carbocycles. The van der Waals surface area contributed by atoms with E-state index in [1.54, 1.807) is 0 Å². The van der Waals surface area contributed by atoms with Gasteiger partial charge in [0.25, 0.3) is 0 Å². The summed E-state index contributed by atoms with van der Waals surface area (Å²) >= 11 is 0. The van der Waals surface area contributed by atoms with Gasteiger partial charge >= 0.3 is 0 Å². The van der Waals surface area contributed by atoms with Gasteiger partial charge < -0.3 is 5.32 Å². The molecule has 0 unspecified atom stereocenters. The van der Waals surface area contributed by atoms with Gasteiger partial charge in [-0.1, -0.05) is 0 Å². The molecular weight excluding hydrogens is 136 g/mol. The Morgan fingerprint density at radius 2 is 2.45 bits per heavy atom. The van der Waals surface area contributed by atoms with E-state index in [0.29, 0.717) is 0 Å². The highest BCUT2D eigenvalue weighted by atomic mass is 14.9. The molecule has 1 aromatic rings. The zero-order valence-electron chi connectivity index (χ0n) is 6.72. The van der Waals surface area contributed by atoms with Crippen LogP contribution in [0.1, 0.15) is 16.8 Å². The number of aromatic nitrogens is 1. The van der Waals surface area contributed by atoms with E-state index in [9.17, 15) is 0 Å². The average Bonchev–Trinajstić information content (AvgIpc) is 2.06. The molecule has 0 spiro atoms. The maximum atomic E-state index is 4.25. The van der Waals surface area contributed by atoms with Crippen LogP contribution in [0.4, 0.5) is 0 Å². The van der Waals surface area contributed by atoms with Crippen LogP contribution in [0.15, 0.2) is 12.3 Å². The Morgan fingerprint density at radius 1 is 1.55 bits per heavy atom. The highest BCUT2D eigenvalue weighted by Crippen LogP contribution is 2.14. The van der Waals surface area contributed by atoms with E-state index in [1.165, 1.54) is 16.8 Å². The van der Waals surface area contributed by atoms with Crippen LogP contribution in [-0.4, -0.2) is 11.5 Å². The minimum Gasteiger partial charge on any atom is -0.312 e. The van der Waals surface area contributed by atoms with Gasteiger partial charge in [-0.15, -0.1) is 0 Å². The maximum Gasteiger partial charge on any atom is 0.0420 e. The summed E-state index contributed by atoms with van der Waals surface area (Å²) in [5, 5.41) is 3.34.